The molecule has 2 heterocycles. The normalized spacial score (nSPS) is 11.0. The van der Waals surface area contributed by atoms with E-state index in [-0.39, 0.29) is 5.56 Å². The van der Waals surface area contributed by atoms with Crippen LogP contribution in [0.3, 0.4) is 0 Å². The standard InChI is InChI=1S/C22H22FN7O/c1-13-9-16-17(19(24)31)10-15(23)11-18(16)30(13)22-27-20(26-21(28-22)29(2)3)25-12-14-7-5-4-6-8-14/h4-11H,12H2,1-3H3,(H2,24,31)(H,25,26,27,28). The Kier molecular flexibility index (Phi) is 5.24. The van der Waals surface area contributed by atoms with E-state index in [1.807, 2.05) is 51.4 Å². The molecule has 0 radical (unpaired) electrons. The highest BCUT2D eigenvalue weighted by Crippen LogP contribution is 2.27. The van der Waals surface area contributed by atoms with Crippen LogP contribution in [-0.2, 0) is 6.54 Å². The Morgan fingerprint density at radius 2 is 1.87 bits per heavy atom. The lowest BCUT2D eigenvalue weighted by Crippen LogP contribution is -2.18. The van der Waals surface area contributed by atoms with Crippen molar-refractivity contribution in [2.24, 2.45) is 5.73 Å². The Bertz CT molecular complexity index is 1270. The molecular formula is C22H22FN7O. The molecule has 4 rings (SSSR count). The smallest absolute Gasteiger partial charge is 0.249 e. The summed E-state index contributed by atoms with van der Waals surface area (Å²) < 4.78 is 16.0. The number of nitrogens with zero attached hydrogens (tertiary/aromatic N) is 5. The Morgan fingerprint density at radius 1 is 1.13 bits per heavy atom. The Morgan fingerprint density at radius 3 is 2.55 bits per heavy atom. The van der Waals surface area contributed by atoms with E-state index in [1.54, 1.807) is 15.5 Å². The van der Waals surface area contributed by atoms with Gasteiger partial charge in [-0.2, -0.15) is 15.0 Å². The summed E-state index contributed by atoms with van der Waals surface area (Å²) in [5, 5.41) is 3.76. The van der Waals surface area contributed by atoms with Crippen molar-refractivity contribution in [2.75, 3.05) is 24.3 Å². The minimum absolute atomic E-state index is 0.112. The third kappa shape index (κ3) is 4.02. The zero-order valence-electron chi connectivity index (χ0n) is 17.4. The van der Waals surface area contributed by atoms with Crippen LogP contribution in [0.25, 0.3) is 16.9 Å². The fourth-order valence-corrected chi connectivity index (χ4v) is 3.38. The zero-order valence-corrected chi connectivity index (χ0v) is 17.4. The maximum absolute atomic E-state index is 14.3. The maximum atomic E-state index is 14.3. The van der Waals surface area contributed by atoms with Gasteiger partial charge in [0.25, 0.3) is 0 Å². The Labute approximate surface area is 178 Å². The van der Waals surface area contributed by atoms with Gasteiger partial charge in [0.05, 0.1) is 11.1 Å². The van der Waals surface area contributed by atoms with Crippen molar-refractivity contribution in [3.05, 3.63) is 71.2 Å². The molecule has 8 nitrogen and oxygen atoms in total. The molecule has 0 aliphatic heterocycles. The summed E-state index contributed by atoms with van der Waals surface area (Å²) in [6.07, 6.45) is 0. The predicted molar refractivity (Wildman–Crippen MR) is 118 cm³/mol. The van der Waals surface area contributed by atoms with E-state index < -0.39 is 11.7 Å². The molecule has 0 unspecified atom stereocenters. The van der Waals surface area contributed by atoms with E-state index >= 15 is 0 Å². The van der Waals surface area contributed by atoms with Crippen LogP contribution in [0.1, 0.15) is 21.6 Å². The number of carbonyl (C=O) groups excluding carboxylic acids is 1. The Balaban J connectivity index is 1.84. The van der Waals surface area contributed by atoms with E-state index in [1.165, 1.54) is 6.07 Å². The predicted octanol–water partition coefficient (Wildman–Crippen LogP) is 3.04. The average molecular weight is 419 g/mol. The van der Waals surface area contributed by atoms with Crippen molar-refractivity contribution in [1.82, 2.24) is 19.5 Å². The van der Waals surface area contributed by atoms with E-state index in [0.29, 0.717) is 35.3 Å². The summed E-state index contributed by atoms with van der Waals surface area (Å²) in [6, 6.07) is 14.1. The molecule has 0 aliphatic rings. The molecule has 2 aromatic carbocycles. The van der Waals surface area contributed by atoms with Gasteiger partial charge in [0.2, 0.25) is 23.8 Å². The van der Waals surface area contributed by atoms with Crippen LogP contribution in [0.2, 0.25) is 0 Å². The van der Waals surface area contributed by atoms with Crippen LogP contribution < -0.4 is 16.0 Å². The van der Waals surface area contributed by atoms with Crippen LogP contribution in [0.15, 0.2) is 48.5 Å². The summed E-state index contributed by atoms with van der Waals surface area (Å²) in [5.74, 6) is -0.136. The fraction of sp³-hybridized carbons (Fsp3) is 0.182. The number of aryl methyl sites for hydroxylation is 1. The number of amides is 1. The highest BCUT2D eigenvalue weighted by Gasteiger charge is 2.19. The summed E-state index contributed by atoms with van der Waals surface area (Å²) in [6.45, 7) is 2.36. The molecule has 9 heteroatoms. The monoisotopic (exact) mass is 419 g/mol. The lowest BCUT2D eigenvalue weighted by molar-refractivity contribution is 0.100. The van der Waals surface area contributed by atoms with Crippen LogP contribution in [0.4, 0.5) is 16.3 Å². The fourth-order valence-electron chi connectivity index (χ4n) is 3.38. The molecule has 158 valence electrons. The van der Waals surface area contributed by atoms with Crippen LogP contribution in [0.5, 0.6) is 0 Å². The lowest BCUT2D eigenvalue weighted by atomic mass is 10.1. The van der Waals surface area contributed by atoms with Gasteiger partial charge >= 0.3 is 0 Å². The second-order valence-corrected chi connectivity index (χ2v) is 7.36. The number of halogens is 1. The van der Waals surface area contributed by atoms with Gasteiger partial charge in [-0.3, -0.25) is 9.36 Å². The number of hydrogen-bond donors (Lipinski definition) is 2. The minimum atomic E-state index is -0.698. The number of rotatable bonds is 6. The second-order valence-electron chi connectivity index (χ2n) is 7.36. The van der Waals surface area contributed by atoms with Gasteiger partial charge in [-0.05, 0) is 30.7 Å². The van der Waals surface area contributed by atoms with Gasteiger partial charge in [-0.15, -0.1) is 0 Å². The highest BCUT2D eigenvalue weighted by molar-refractivity contribution is 6.06. The third-order valence-corrected chi connectivity index (χ3v) is 4.84. The average Bonchev–Trinajstić information content (AvgIpc) is 3.07. The molecule has 0 spiro atoms. The second kappa shape index (κ2) is 8.02. The number of carbonyl (C=O) groups is 1. The summed E-state index contributed by atoms with van der Waals surface area (Å²) in [5.41, 5.74) is 7.83. The number of anilines is 2. The van der Waals surface area contributed by atoms with Crippen LogP contribution >= 0.6 is 0 Å². The molecular weight excluding hydrogens is 397 g/mol. The first-order valence-corrected chi connectivity index (χ1v) is 9.66. The maximum Gasteiger partial charge on any atom is 0.249 e. The quantitative estimate of drug-likeness (QED) is 0.498. The number of fused-ring (bicyclic) bond motifs is 1. The summed E-state index contributed by atoms with van der Waals surface area (Å²) in [4.78, 5) is 27.1. The van der Waals surface area contributed by atoms with Crippen LogP contribution in [0, 0.1) is 12.7 Å². The first-order chi connectivity index (χ1) is 14.8. The van der Waals surface area contributed by atoms with Crippen molar-refractivity contribution in [3.63, 3.8) is 0 Å². The number of nitrogens with two attached hydrogens (primary N) is 1. The molecule has 0 aliphatic carbocycles. The van der Waals surface area contributed by atoms with Gasteiger partial charge in [0.1, 0.15) is 5.82 Å². The van der Waals surface area contributed by atoms with Crippen LogP contribution in [-0.4, -0.2) is 39.5 Å². The van der Waals surface area contributed by atoms with E-state index in [4.69, 9.17) is 5.73 Å². The zero-order chi connectivity index (χ0) is 22.1. The SMILES string of the molecule is Cc1cc2c(C(N)=O)cc(F)cc2n1-c1nc(NCc2ccccc2)nc(N(C)C)n1. The number of benzene rings is 2. The number of nitrogens with one attached hydrogen (secondary N) is 1. The minimum Gasteiger partial charge on any atom is -0.366 e. The molecule has 2 aromatic heterocycles. The van der Waals surface area contributed by atoms with Crippen molar-refractivity contribution >= 4 is 28.7 Å². The Hall–Kier alpha value is -4.01. The van der Waals surface area contributed by atoms with Crippen molar-refractivity contribution < 1.29 is 9.18 Å². The largest absolute Gasteiger partial charge is 0.366 e. The highest BCUT2D eigenvalue weighted by atomic mass is 19.1. The van der Waals surface area contributed by atoms with E-state index in [0.717, 1.165) is 17.3 Å². The van der Waals surface area contributed by atoms with Gasteiger partial charge in [-0.1, -0.05) is 30.3 Å². The number of aromatic nitrogens is 4. The van der Waals surface area contributed by atoms with Crippen molar-refractivity contribution in [1.29, 1.82) is 0 Å². The summed E-state index contributed by atoms with van der Waals surface area (Å²) in [7, 11) is 3.65. The number of hydrogen-bond acceptors (Lipinski definition) is 6. The first-order valence-electron chi connectivity index (χ1n) is 9.66. The third-order valence-electron chi connectivity index (χ3n) is 4.84. The molecule has 31 heavy (non-hydrogen) atoms. The molecule has 0 fully saturated rings. The lowest BCUT2D eigenvalue weighted by Gasteiger charge is -2.15. The number of primary amides is 1. The van der Waals surface area contributed by atoms with E-state index in [9.17, 15) is 9.18 Å². The molecule has 0 saturated heterocycles. The van der Waals surface area contributed by atoms with Gasteiger partial charge in [-0.25, -0.2) is 4.39 Å². The van der Waals surface area contributed by atoms with Gasteiger partial charge in [0.15, 0.2) is 0 Å². The van der Waals surface area contributed by atoms with Gasteiger partial charge < -0.3 is 16.0 Å². The summed E-state index contributed by atoms with van der Waals surface area (Å²) >= 11 is 0. The topological polar surface area (TPSA) is 102 Å². The molecule has 1 amide bonds. The molecule has 4 aromatic rings. The molecule has 3 N–H and O–H groups in total. The van der Waals surface area contributed by atoms with Crippen molar-refractivity contribution in [3.8, 4) is 5.95 Å². The van der Waals surface area contributed by atoms with E-state index in [2.05, 4.69) is 20.3 Å². The molecule has 0 saturated carbocycles. The molecule has 0 bridgehead atoms. The van der Waals surface area contributed by atoms with Gasteiger partial charge in [0, 0.05) is 31.7 Å². The molecule has 0 atom stereocenters. The first kappa shape index (κ1) is 20.3. The van der Waals surface area contributed by atoms with Crippen molar-refractivity contribution in [2.45, 2.75) is 13.5 Å².